The summed E-state index contributed by atoms with van der Waals surface area (Å²) in [7, 11) is 1.55. The van der Waals surface area contributed by atoms with E-state index in [4.69, 9.17) is 19.9 Å². The molecule has 1 aromatic heterocycles. The minimum absolute atomic E-state index is 0.0761. The van der Waals surface area contributed by atoms with E-state index in [9.17, 15) is 9.18 Å². The Hall–Kier alpha value is -4.88. The number of amides is 1. The topological polar surface area (TPSA) is 136 Å². The molecule has 0 spiro atoms. The Morgan fingerprint density at radius 1 is 1.04 bits per heavy atom. The molecule has 47 heavy (non-hydrogen) atoms. The Bertz CT molecular complexity index is 1760. The molecule has 0 atom stereocenters. The van der Waals surface area contributed by atoms with Crippen LogP contribution in [0.3, 0.4) is 0 Å². The number of hydrogen-bond donors (Lipinski definition) is 3. The Labute approximate surface area is 271 Å². The van der Waals surface area contributed by atoms with E-state index in [1.165, 1.54) is 42.7 Å². The summed E-state index contributed by atoms with van der Waals surface area (Å²) in [6.07, 6.45) is 3.98. The van der Waals surface area contributed by atoms with Gasteiger partial charge in [0.2, 0.25) is 11.8 Å². The summed E-state index contributed by atoms with van der Waals surface area (Å²) in [5.74, 6) is -0.281. The van der Waals surface area contributed by atoms with Crippen LogP contribution < -0.4 is 30.6 Å². The zero-order valence-electron chi connectivity index (χ0n) is 26.1. The van der Waals surface area contributed by atoms with E-state index in [2.05, 4.69) is 30.5 Å². The summed E-state index contributed by atoms with van der Waals surface area (Å²) in [5.41, 5.74) is 6.53. The fourth-order valence-electron chi connectivity index (χ4n) is 5.71. The zero-order chi connectivity index (χ0) is 32.8. The van der Waals surface area contributed by atoms with Crippen LogP contribution in [0.25, 0.3) is 10.9 Å². The van der Waals surface area contributed by atoms with Gasteiger partial charge in [-0.15, -0.1) is 0 Å². The number of aliphatic imine (C=N–C) groups is 1. The molecule has 11 nitrogen and oxygen atoms in total. The Morgan fingerprint density at radius 2 is 1.83 bits per heavy atom. The van der Waals surface area contributed by atoms with E-state index < -0.39 is 17.0 Å². The van der Waals surface area contributed by atoms with Crippen LogP contribution in [0, 0.1) is 17.0 Å². The number of anilines is 1. The lowest BCUT2D eigenvalue weighted by atomic mass is 9.67. The average molecular weight is 646 g/mol. The van der Waals surface area contributed by atoms with Gasteiger partial charge in [0.05, 0.1) is 30.3 Å². The number of hydrogen-bond acceptors (Lipinski definition) is 9. The number of amidine groups is 1. The summed E-state index contributed by atoms with van der Waals surface area (Å²) in [4.78, 5) is 28.6. The predicted molar refractivity (Wildman–Crippen MR) is 175 cm³/mol. The Morgan fingerprint density at radius 3 is 2.53 bits per heavy atom. The van der Waals surface area contributed by atoms with E-state index in [1.807, 2.05) is 0 Å². The molecule has 1 aliphatic carbocycles. The molecule has 0 radical (unpaired) electrons. The monoisotopic (exact) mass is 645 g/mol. The van der Waals surface area contributed by atoms with E-state index in [-0.39, 0.29) is 29.1 Å². The standard InChI is InChI=1S/C34H37F2N7O4/c1-45-29-19-25-27(20-30(29)46-17-3-14-43-15-12-38-13-16-43)39-21-40-31(25)47-28-9-8-24(18-26(28)36)41-32(37)34(10-2-11-34)33(44)42-23-6-4-22(35)5-7-23/h4-9,18-21,38H,2-3,10-17H2,1H3,(H2,37,41)(H,42,44). The fourth-order valence-corrected chi connectivity index (χ4v) is 5.71. The third-order valence-electron chi connectivity index (χ3n) is 8.58. The van der Waals surface area contributed by atoms with Crippen molar-refractivity contribution in [2.75, 3.05) is 51.8 Å². The molecule has 1 aliphatic heterocycles. The number of carbonyl (C=O) groups is 1. The number of piperazine rings is 1. The maximum absolute atomic E-state index is 15.3. The lowest BCUT2D eigenvalue weighted by Gasteiger charge is -2.39. The third-order valence-corrected chi connectivity index (χ3v) is 8.58. The van der Waals surface area contributed by atoms with Gasteiger partial charge in [-0.05, 0) is 61.7 Å². The van der Waals surface area contributed by atoms with Crippen LogP contribution in [-0.4, -0.2) is 73.1 Å². The van der Waals surface area contributed by atoms with Crippen molar-refractivity contribution in [3.63, 3.8) is 0 Å². The van der Waals surface area contributed by atoms with Crippen LogP contribution in [-0.2, 0) is 4.79 Å². The molecule has 0 unspecified atom stereocenters. The van der Waals surface area contributed by atoms with Crippen molar-refractivity contribution in [3.8, 4) is 23.1 Å². The number of nitrogens with two attached hydrogens (primary N) is 1. The third kappa shape index (κ3) is 7.26. The minimum atomic E-state index is -1.04. The van der Waals surface area contributed by atoms with Crippen molar-refractivity contribution < 1.29 is 27.8 Å². The van der Waals surface area contributed by atoms with E-state index in [0.717, 1.165) is 45.6 Å². The highest BCUT2D eigenvalue weighted by atomic mass is 19.1. The SMILES string of the molecule is COc1cc2c(Oc3ccc(N=C(N)C4(C(=O)Nc5ccc(F)cc5)CCC4)cc3F)ncnc2cc1OCCCN1CCNCC1. The number of fused-ring (bicyclic) bond motifs is 1. The molecule has 1 saturated heterocycles. The van der Waals surface area contributed by atoms with E-state index in [1.54, 1.807) is 25.3 Å². The molecule has 2 heterocycles. The molecule has 246 valence electrons. The van der Waals surface area contributed by atoms with Gasteiger partial charge < -0.3 is 35.5 Å². The summed E-state index contributed by atoms with van der Waals surface area (Å²) in [5, 5.41) is 6.65. The maximum atomic E-state index is 15.3. The number of benzene rings is 3. The molecule has 0 bridgehead atoms. The predicted octanol–water partition coefficient (Wildman–Crippen LogP) is 5.18. The number of carbonyl (C=O) groups excluding carboxylic acids is 1. The van der Waals surface area contributed by atoms with Crippen LogP contribution in [0.2, 0.25) is 0 Å². The molecular formula is C34H37F2N7O4. The number of nitrogens with zero attached hydrogens (tertiary/aromatic N) is 4. The van der Waals surface area contributed by atoms with Gasteiger partial charge in [0.25, 0.3) is 0 Å². The van der Waals surface area contributed by atoms with Crippen molar-refractivity contribution >= 4 is 34.0 Å². The van der Waals surface area contributed by atoms with Crippen molar-refractivity contribution in [2.45, 2.75) is 25.7 Å². The molecule has 6 rings (SSSR count). The lowest BCUT2D eigenvalue weighted by Crippen LogP contribution is -2.51. The first-order chi connectivity index (χ1) is 22.8. The van der Waals surface area contributed by atoms with Crippen LogP contribution in [0.15, 0.2) is 65.9 Å². The van der Waals surface area contributed by atoms with Gasteiger partial charge in [0.15, 0.2) is 23.1 Å². The highest BCUT2D eigenvalue weighted by Crippen LogP contribution is 2.43. The summed E-state index contributed by atoms with van der Waals surface area (Å²) in [6.45, 7) is 5.54. The highest BCUT2D eigenvalue weighted by molar-refractivity contribution is 6.13. The van der Waals surface area contributed by atoms with Gasteiger partial charge >= 0.3 is 0 Å². The second-order valence-electron chi connectivity index (χ2n) is 11.6. The quantitative estimate of drug-likeness (QED) is 0.108. The number of methoxy groups -OCH3 is 1. The summed E-state index contributed by atoms with van der Waals surface area (Å²) < 4.78 is 46.1. The van der Waals surface area contributed by atoms with Gasteiger partial charge in [-0.1, -0.05) is 6.42 Å². The molecule has 2 fully saturated rings. The maximum Gasteiger partial charge on any atom is 0.238 e. The first-order valence-corrected chi connectivity index (χ1v) is 15.6. The van der Waals surface area contributed by atoms with Crippen molar-refractivity contribution in [1.29, 1.82) is 0 Å². The first-order valence-electron chi connectivity index (χ1n) is 15.6. The first kappa shape index (κ1) is 32.1. The summed E-state index contributed by atoms with van der Waals surface area (Å²) in [6, 6.07) is 13.1. The fraction of sp³-hybridized carbons (Fsp3) is 0.353. The van der Waals surface area contributed by atoms with Gasteiger partial charge in [-0.25, -0.2) is 23.7 Å². The number of halogens is 2. The second-order valence-corrected chi connectivity index (χ2v) is 11.6. The Kier molecular flexibility index (Phi) is 9.73. The molecule has 4 aromatic rings. The van der Waals surface area contributed by atoms with Crippen LogP contribution in [0.5, 0.6) is 23.1 Å². The normalized spacial score (nSPS) is 16.4. The average Bonchev–Trinajstić information content (AvgIpc) is 3.05. The van der Waals surface area contributed by atoms with Gasteiger partial charge in [0, 0.05) is 50.5 Å². The number of aromatic nitrogens is 2. The Balaban J connectivity index is 1.14. The van der Waals surface area contributed by atoms with E-state index >= 15 is 4.39 Å². The number of rotatable bonds is 12. The van der Waals surface area contributed by atoms with Crippen LogP contribution >= 0.6 is 0 Å². The van der Waals surface area contributed by atoms with Crippen molar-refractivity contribution in [1.82, 2.24) is 20.2 Å². The second kappa shape index (κ2) is 14.3. The molecule has 2 aliphatic rings. The van der Waals surface area contributed by atoms with Gasteiger partial charge in [-0.3, -0.25) is 4.79 Å². The number of nitrogens with one attached hydrogen (secondary N) is 2. The largest absolute Gasteiger partial charge is 0.493 e. The smallest absolute Gasteiger partial charge is 0.238 e. The van der Waals surface area contributed by atoms with E-state index in [0.29, 0.717) is 47.5 Å². The van der Waals surface area contributed by atoms with Gasteiger partial charge in [0.1, 0.15) is 23.4 Å². The molecule has 1 amide bonds. The summed E-state index contributed by atoms with van der Waals surface area (Å²) >= 11 is 0. The van der Waals surface area contributed by atoms with Crippen LogP contribution in [0.4, 0.5) is 20.2 Å². The van der Waals surface area contributed by atoms with Crippen LogP contribution in [0.1, 0.15) is 25.7 Å². The zero-order valence-corrected chi connectivity index (χ0v) is 26.1. The lowest BCUT2D eigenvalue weighted by molar-refractivity contribution is -0.125. The number of ether oxygens (including phenoxy) is 3. The molecular weight excluding hydrogens is 608 g/mol. The van der Waals surface area contributed by atoms with Crippen molar-refractivity contribution in [3.05, 3.63) is 72.6 Å². The molecule has 3 aromatic carbocycles. The minimum Gasteiger partial charge on any atom is -0.493 e. The van der Waals surface area contributed by atoms with Gasteiger partial charge in [-0.2, -0.15) is 0 Å². The molecule has 4 N–H and O–H groups in total. The molecule has 1 saturated carbocycles. The van der Waals surface area contributed by atoms with Crippen molar-refractivity contribution in [2.24, 2.45) is 16.1 Å². The highest BCUT2D eigenvalue weighted by Gasteiger charge is 2.48. The molecule has 13 heteroatoms.